The van der Waals surface area contributed by atoms with E-state index < -0.39 is 17.6 Å². The molecule has 0 aliphatic carbocycles. The molecule has 0 saturated heterocycles. The third-order valence-electron chi connectivity index (χ3n) is 6.09. The van der Waals surface area contributed by atoms with Crippen LogP contribution in [0.2, 0.25) is 0 Å². The van der Waals surface area contributed by atoms with Crippen molar-refractivity contribution in [2.45, 2.75) is 150 Å². The van der Waals surface area contributed by atoms with Crippen molar-refractivity contribution in [2.75, 3.05) is 13.2 Å². The van der Waals surface area contributed by atoms with E-state index in [1.165, 1.54) is 83.5 Å². The molecule has 0 spiro atoms. The summed E-state index contributed by atoms with van der Waals surface area (Å²) in [5, 5.41) is 2.68. The Hall–Kier alpha value is -1.26. The number of rotatable bonds is 21. The van der Waals surface area contributed by atoms with Crippen LogP contribution in [0.1, 0.15) is 144 Å². The van der Waals surface area contributed by atoms with Gasteiger partial charge in [0.2, 0.25) is 0 Å². The van der Waals surface area contributed by atoms with Gasteiger partial charge < -0.3 is 14.8 Å². The number of ether oxygens (including phenoxy) is 2. The number of carbonyl (C=O) groups is 2. The third-order valence-corrected chi connectivity index (χ3v) is 6.09. The molecule has 1 unspecified atom stereocenters. The number of hydrogen-bond donors (Lipinski definition) is 1. The fraction of sp³-hybridized carbons (Fsp3) is 0.929. The second-order valence-corrected chi connectivity index (χ2v) is 10.6. The zero-order chi connectivity index (χ0) is 24.8. The average molecular weight is 470 g/mol. The SMILES string of the molecule is CCCCCCCCCCCCCCCCCOC(=O)C(NC(=O)OCCCC)C(C)(C)C. The molecular formula is C28H55NO4. The molecule has 0 rings (SSSR count). The Morgan fingerprint density at radius 2 is 1.00 bits per heavy atom. The highest BCUT2D eigenvalue weighted by atomic mass is 16.6. The van der Waals surface area contributed by atoms with E-state index in [1.54, 1.807) is 0 Å². The predicted molar refractivity (Wildman–Crippen MR) is 139 cm³/mol. The van der Waals surface area contributed by atoms with Gasteiger partial charge in [0, 0.05) is 0 Å². The Balaban J connectivity index is 3.72. The lowest BCUT2D eigenvalue weighted by Crippen LogP contribution is -2.50. The number of esters is 1. The van der Waals surface area contributed by atoms with Gasteiger partial charge in [-0.1, -0.05) is 131 Å². The van der Waals surface area contributed by atoms with E-state index in [2.05, 4.69) is 12.2 Å². The topological polar surface area (TPSA) is 64.6 Å². The van der Waals surface area contributed by atoms with Crippen LogP contribution in [0.25, 0.3) is 0 Å². The molecule has 0 aromatic carbocycles. The number of alkyl carbamates (subject to hydrolysis) is 1. The van der Waals surface area contributed by atoms with Crippen LogP contribution in [-0.2, 0) is 14.3 Å². The normalized spacial score (nSPS) is 12.4. The summed E-state index contributed by atoms with van der Waals surface area (Å²) in [6.07, 6.45) is 20.8. The molecule has 0 saturated carbocycles. The minimum Gasteiger partial charge on any atom is -0.464 e. The lowest BCUT2D eigenvalue weighted by molar-refractivity contribution is -0.149. The summed E-state index contributed by atoms with van der Waals surface area (Å²) in [6.45, 7) is 10.8. The number of nitrogens with one attached hydrogen (secondary N) is 1. The Morgan fingerprint density at radius 1 is 0.606 bits per heavy atom. The van der Waals surface area contributed by atoms with Gasteiger partial charge >= 0.3 is 12.1 Å². The quantitative estimate of drug-likeness (QED) is 0.135. The van der Waals surface area contributed by atoms with Crippen molar-refractivity contribution in [3.8, 4) is 0 Å². The summed E-state index contributed by atoms with van der Waals surface area (Å²) in [5.41, 5.74) is -0.435. The first-order valence-electron chi connectivity index (χ1n) is 13.9. The molecule has 0 bridgehead atoms. The Morgan fingerprint density at radius 3 is 1.42 bits per heavy atom. The highest BCUT2D eigenvalue weighted by molar-refractivity contribution is 5.82. The molecule has 196 valence electrons. The van der Waals surface area contributed by atoms with Gasteiger partial charge in [0.15, 0.2) is 0 Å². The second-order valence-electron chi connectivity index (χ2n) is 10.6. The van der Waals surface area contributed by atoms with Gasteiger partial charge in [0.1, 0.15) is 6.04 Å². The van der Waals surface area contributed by atoms with Crippen LogP contribution in [0.4, 0.5) is 4.79 Å². The molecule has 5 nitrogen and oxygen atoms in total. The molecule has 5 heteroatoms. The number of amides is 1. The molecular weight excluding hydrogens is 414 g/mol. The van der Waals surface area contributed by atoms with E-state index in [1.807, 2.05) is 27.7 Å². The Bertz CT molecular complexity index is 473. The predicted octanol–water partition coefficient (Wildman–Crippen LogP) is 8.34. The van der Waals surface area contributed by atoms with E-state index in [-0.39, 0.29) is 5.97 Å². The van der Waals surface area contributed by atoms with Gasteiger partial charge in [-0.25, -0.2) is 9.59 Å². The summed E-state index contributed by atoms with van der Waals surface area (Å²) < 4.78 is 10.6. The fourth-order valence-corrected chi connectivity index (χ4v) is 3.83. The van der Waals surface area contributed by atoms with Crippen molar-refractivity contribution >= 4 is 12.1 Å². The Labute approximate surface area is 205 Å². The maximum absolute atomic E-state index is 12.5. The molecule has 0 fully saturated rings. The number of carbonyl (C=O) groups excluding carboxylic acids is 2. The van der Waals surface area contributed by atoms with Crippen LogP contribution in [0, 0.1) is 5.41 Å². The number of hydrogen-bond acceptors (Lipinski definition) is 4. The summed E-state index contributed by atoms with van der Waals surface area (Å²) in [5.74, 6) is -0.375. The smallest absolute Gasteiger partial charge is 0.407 e. The zero-order valence-corrected chi connectivity index (χ0v) is 22.6. The van der Waals surface area contributed by atoms with Crippen molar-refractivity contribution < 1.29 is 19.1 Å². The molecule has 0 aliphatic rings. The van der Waals surface area contributed by atoms with Crippen LogP contribution < -0.4 is 5.32 Å². The molecule has 0 heterocycles. The van der Waals surface area contributed by atoms with Crippen LogP contribution >= 0.6 is 0 Å². The maximum Gasteiger partial charge on any atom is 0.407 e. The summed E-state index contributed by atoms with van der Waals surface area (Å²) in [6, 6.07) is -0.706. The third kappa shape index (κ3) is 19.9. The van der Waals surface area contributed by atoms with Crippen molar-refractivity contribution in [1.82, 2.24) is 5.32 Å². The lowest BCUT2D eigenvalue weighted by atomic mass is 9.87. The standard InChI is InChI=1S/C28H55NO4/c1-6-8-10-11-12-13-14-15-16-17-18-19-20-21-22-24-32-26(30)25(28(3,4)5)29-27(31)33-23-9-7-2/h25H,6-24H2,1-5H3,(H,29,31). The van der Waals surface area contributed by atoms with E-state index >= 15 is 0 Å². The lowest BCUT2D eigenvalue weighted by Gasteiger charge is -2.29. The van der Waals surface area contributed by atoms with Gasteiger partial charge in [0.25, 0.3) is 0 Å². The fourth-order valence-electron chi connectivity index (χ4n) is 3.83. The van der Waals surface area contributed by atoms with Crippen molar-refractivity contribution in [3.63, 3.8) is 0 Å². The van der Waals surface area contributed by atoms with Gasteiger partial charge in [-0.2, -0.15) is 0 Å². The van der Waals surface area contributed by atoms with Crippen molar-refractivity contribution in [1.29, 1.82) is 0 Å². The minimum absolute atomic E-state index is 0.368. The molecule has 0 aromatic rings. The molecule has 1 atom stereocenters. The van der Waals surface area contributed by atoms with Crippen molar-refractivity contribution in [3.05, 3.63) is 0 Å². The molecule has 1 amide bonds. The minimum atomic E-state index is -0.706. The highest BCUT2D eigenvalue weighted by Gasteiger charge is 2.34. The molecule has 0 aliphatic heterocycles. The van der Waals surface area contributed by atoms with Crippen LogP contribution in [0.3, 0.4) is 0 Å². The highest BCUT2D eigenvalue weighted by Crippen LogP contribution is 2.21. The van der Waals surface area contributed by atoms with Gasteiger partial charge in [0.05, 0.1) is 13.2 Å². The molecule has 0 aromatic heterocycles. The van der Waals surface area contributed by atoms with Gasteiger partial charge in [-0.15, -0.1) is 0 Å². The average Bonchev–Trinajstić information content (AvgIpc) is 2.76. The van der Waals surface area contributed by atoms with Crippen LogP contribution in [0.15, 0.2) is 0 Å². The summed E-state index contributed by atoms with van der Waals surface area (Å²) in [7, 11) is 0. The van der Waals surface area contributed by atoms with E-state index in [9.17, 15) is 9.59 Å². The van der Waals surface area contributed by atoms with Gasteiger partial charge in [-0.05, 0) is 18.3 Å². The largest absolute Gasteiger partial charge is 0.464 e. The van der Waals surface area contributed by atoms with Crippen LogP contribution in [0.5, 0.6) is 0 Å². The first kappa shape index (κ1) is 31.7. The molecule has 0 radical (unpaired) electrons. The monoisotopic (exact) mass is 469 g/mol. The Kier molecular flexibility index (Phi) is 20.5. The summed E-state index contributed by atoms with van der Waals surface area (Å²) >= 11 is 0. The molecule has 1 N–H and O–H groups in total. The van der Waals surface area contributed by atoms with Crippen molar-refractivity contribution in [2.24, 2.45) is 5.41 Å². The second kappa shape index (κ2) is 21.3. The maximum atomic E-state index is 12.5. The van der Waals surface area contributed by atoms with E-state index in [0.717, 1.165) is 25.7 Å². The summed E-state index contributed by atoms with van der Waals surface area (Å²) in [4.78, 5) is 24.5. The van der Waals surface area contributed by atoms with Crippen LogP contribution in [-0.4, -0.2) is 31.3 Å². The number of unbranched alkanes of at least 4 members (excludes halogenated alkanes) is 15. The van der Waals surface area contributed by atoms with Gasteiger partial charge in [-0.3, -0.25) is 0 Å². The zero-order valence-electron chi connectivity index (χ0n) is 22.6. The first-order valence-corrected chi connectivity index (χ1v) is 13.9. The van der Waals surface area contributed by atoms with E-state index in [0.29, 0.717) is 13.2 Å². The van der Waals surface area contributed by atoms with E-state index in [4.69, 9.17) is 9.47 Å². The first-order chi connectivity index (χ1) is 15.8. The molecule has 33 heavy (non-hydrogen) atoms.